The molecule has 0 fully saturated rings. The molecule has 6 heteroatoms. The number of rotatable bonds is 9. The highest BCUT2D eigenvalue weighted by atomic mass is 16.5. The standard InChI is InChI=1S/C23H30N2O4/c1-14-10-16(26-2)13-18-17(8-6-7-9-24)22(25-21(14)18)15-11-19(27-3)23(29-5)20(12-15)28-4/h10-13,25H,6-9,24H2,1-5H3. The molecule has 0 aliphatic heterocycles. The average molecular weight is 399 g/mol. The van der Waals surface area contributed by atoms with Crippen molar-refractivity contribution in [2.75, 3.05) is 35.0 Å². The van der Waals surface area contributed by atoms with Crippen LogP contribution in [0.2, 0.25) is 0 Å². The van der Waals surface area contributed by atoms with Gasteiger partial charge in [-0.1, -0.05) is 0 Å². The fourth-order valence-corrected chi connectivity index (χ4v) is 3.79. The summed E-state index contributed by atoms with van der Waals surface area (Å²) < 4.78 is 22.1. The Morgan fingerprint density at radius 1 is 0.862 bits per heavy atom. The molecule has 3 N–H and O–H groups in total. The number of nitrogens with two attached hydrogens (primary N) is 1. The molecule has 0 aliphatic rings. The van der Waals surface area contributed by atoms with Gasteiger partial charge in [0.2, 0.25) is 5.75 Å². The highest BCUT2D eigenvalue weighted by Crippen LogP contribution is 2.43. The number of aryl methyl sites for hydroxylation is 2. The lowest BCUT2D eigenvalue weighted by atomic mass is 9.99. The number of benzene rings is 2. The summed E-state index contributed by atoms with van der Waals surface area (Å²) in [5, 5.41) is 1.17. The van der Waals surface area contributed by atoms with Gasteiger partial charge in [-0.3, -0.25) is 0 Å². The molecule has 0 saturated heterocycles. The molecule has 29 heavy (non-hydrogen) atoms. The third kappa shape index (κ3) is 3.98. The molecule has 0 radical (unpaired) electrons. The van der Waals surface area contributed by atoms with E-state index >= 15 is 0 Å². The van der Waals surface area contributed by atoms with Crippen LogP contribution in [0.15, 0.2) is 24.3 Å². The summed E-state index contributed by atoms with van der Waals surface area (Å²) in [7, 11) is 6.56. The summed E-state index contributed by atoms with van der Waals surface area (Å²) in [5.41, 5.74) is 11.3. The van der Waals surface area contributed by atoms with E-state index in [0.29, 0.717) is 23.8 Å². The summed E-state index contributed by atoms with van der Waals surface area (Å²) in [5.74, 6) is 2.69. The number of H-pyrrole nitrogens is 1. The molecule has 0 saturated carbocycles. The first-order chi connectivity index (χ1) is 14.1. The predicted molar refractivity (Wildman–Crippen MR) is 117 cm³/mol. The van der Waals surface area contributed by atoms with Crippen molar-refractivity contribution in [2.45, 2.75) is 26.2 Å². The van der Waals surface area contributed by atoms with E-state index in [1.54, 1.807) is 28.4 Å². The van der Waals surface area contributed by atoms with Crippen molar-refractivity contribution in [3.63, 3.8) is 0 Å². The minimum atomic E-state index is 0.581. The number of aromatic nitrogens is 1. The molecule has 1 aromatic heterocycles. The smallest absolute Gasteiger partial charge is 0.203 e. The third-order valence-electron chi connectivity index (χ3n) is 5.26. The Bertz CT molecular complexity index is 969. The Balaban J connectivity index is 2.25. The fourth-order valence-electron chi connectivity index (χ4n) is 3.79. The van der Waals surface area contributed by atoms with Gasteiger partial charge in [0, 0.05) is 22.2 Å². The number of hydrogen-bond donors (Lipinski definition) is 2. The predicted octanol–water partition coefficient (Wildman–Crippen LogP) is 4.46. The number of methoxy groups -OCH3 is 4. The lowest BCUT2D eigenvalue weighted by Crippen LogP contribution is -2.00. The van der Waals surface area contributed by atoms with E-state index in [9.17, 15) is 0 Å². The van der Waals surface area contributed by atoms with Gasteiger partial charge in [0.15, 0.2) is 11.5 Å². The monoisotopic (exact) mass is 398 g/mol. The summed E-state index contributed by atoms with van der Waals surface area (Å²) in [6.07, 6.45) is 2.90. The molecule has 3 aromatic rings. The minimum Gasteiger partial charge on any atom is -0.497 e. The second-order valence-electron chi connectivity index (χ2n) is 7.01. The van der Waals surface area contributed by atoms with Crippen LogP contribution in [0.5, 0.6) is 23.0 Å². The Morgan fingerprint density at radius 2 is 1.55 bits per heavy atom. The van der Waals surface area contributed by atoms with E-state index in [2.05, 4.69) is 18.0 Å². The van der Waals surface area contributed by atoms with Crippen LogP contribution in [0, 0.1) is 6.92 Å². The van der Waals surface area contributed by atoms with E-state index in [0.717, 1.165) is 47.3 Å². The number of ether oxygens (including phenoxy) is 4. The normalized spacial score (nSPS) is 11.0. The largest absolute Gasteiger partial charge is 0.497 e. The van der Waals surface area contributed by atoms with E-state index < -0.39 is 0 Å². The molecule has 6 nitrogen and oxygen atoms in total. The first-order valence-electron chi connectivity index (χ1n) is 9.77. The SMILES string of the molecule is COc1cc(C)c2[nH]c(-c3cc(OC)c(OC)c(OC)c3)c(CCCCN)c2c1. The van der Waals surface area contributed by atoms with Crippen molar-refractivity contribution in [2.24, 2.45) is 5.73 Å². The number of fused-ring (bicyclic) bond motifs is 1. The number of nitrogens with one attached hydrogen (secondary N) is 1. The van der Waals surface area contributed by atoms with Crippen molar-refractivity contribution in [3.8, 4) is 34.3 Å². The van der Waals surface area contributed by atoms with Gasteiger partial charge in [-0.15, -0.1) is 0 Å². The van der Waals surface area contributed by atoms with E-state index in [-0.39, 0.29) is 0 Å². The van der Waals surface area contributed by atoms with Gasteiger partial charge in [-0.05, 0) is 68.1 Å². The Kier molecular flexibility index (Phi) is 6.54. The molecule has 0 unspecified atom stereocenters. The van der Waals surface area contributed by atoms with Crippen LogP contribution in [0.25, 0.3) is 22.2 Å². The number of hydrogen-bond acceptors (Lipinski definition) is 5. The van der Waals surface area contributed by atoms with Gasteiger partial charge in [0.1, 0.15) is 5.75 Å². The quantitative estimate of drug-likeness (QED) is 0.520. The third-order valence-corrected chi connectivity index (χ3v) is 5.26. The highest BCUT2D eigenvalue weighted by molar-refractivity contribution is 5.94. The van der Waals surface area contributed by atoms with Crippen molar-refractivity contribution in [1.82, 2.24) is 4.98 Å². The highest BCUT2D eigenvalue weighted by Gasteiger charge is 2.20. The molecule has 1 heterocycles. The van der Waals surface area contributed by atoms with Gasteiger partial charge >= 0.3 is 0 Å². The zero-order valence-corrected chi connectivity index (χ0v) is 17.8. The molecule has 0 spiro atoms. The molecule has 0 atom stereocenters. The van der Waals surface area contributed by atoms with E-state index in [1.807, 2.05) is 18.2 Å². The van der Waals surface area contributed by atoms with Crippen LogP contribution in [-0.2, 0) is 6.42 Å². The zero-order valence-electron chi connectivity index (χ0n) is 17.8. The average Bonchev–Trinajstić information content (AvgIpc) is 3.11. The first-order valence-corrected chi connectivity index (χ1v) is 9.77. The van der Waals surface area contributed by atoms with Gasteiger partial charge in [0.05, 0.1) is 28.4 Å². The lowest BCUT2D eigenvalue weighted by Gasteiger charge is -2.14. The summed E-state index contributed by atoms with van der Waals surface area (Å²) in [6, 6.07) is 8.09. The molecular formula is C23H30N2O4. The molecule has 0 bridgehead atoms. The molecule has 156 valence electrons. The minimum absolute atomic E-state index is 0.581. The van der Waals surface area contributed by atoms with Gasteiger partial charge in [-0.2, -0.15) is 0 Å². The maximum Gasteiger partial charge on any atom is 0.203 e. The number of aromatic amines is 1. The topological polar surface area (TPSA) is 78.7 Å². The van der Waals surface area contributed by atoms with E-state index in [1.165, 1.54) is 10.9 Å². The Morgan fingerprint density at radius 3 is 2.10 bits per heavy atom. The van der Waals surface area contributed by atoms with Crippen molar-refractivity contribution in [1.29, 1.82) is 0 Å². The van der Waals surface area contributed by atoms with Crippen molar-refractivity contribution < 1.29 is 18.9 Å². The Labute approximate surface area is 171 Å². The number of unbranched alkanes of at least 4 members (excludes halogenated alkanes) is 1. The van der Waals surface area contributed by atoms with Crippen molar-refractivity contribution in [3.05, 3.63) is 35.4 Å². The maximum absolute atomic E-state index is 5.73. The molecule has 0 amide bonds. The fraction of sp³-hybridized carbons (Fsp3) is 0.391. The van der Waals surface area contributed by atoms with Gasteiger partial charge < -0.3 is 29.7 Å². The second-order valence-corrected chi connectivity index (χ2v) is 7.01. The van der Waals surface area contributed by atoms with Crippen LogP contribution in [-0.4, -0.2) is 40.0 Å². The van der Waals surface area contributed by atoms with E-state index in [4.69, 9.17) is 24.7 Å². The van der Waals surface area contributed by atoms with Gasteiger partial charge in [0.25, 0.3) is 0 Å². The van der Waals surface area contributed by atoms with Crippen LogP contribution >= 0.6 is 0 Å². The summed E-state index contributed by atoms with van der Waals surface area (Å²) in [4.78, 5) is 3.63. The van der Waals surface area contributed by atoms with Crippen LogP contribution in [0.3, 0.4) is 0 Å². The molecule has 3 rings (SSSR count). The van der Waals surface area contributed by atoms with Crippen LogP contribution in [0.4, 0.5) is 0 Å². The first kappa shape index (κ1) is 20.9. The van der Waals surface area contributed by atoms with Crippen LogP contribution < -0.4 is 24.7 Å². The molecule has 2 aromatic carbocycles. The molecule has 0 aliphatic carbocycles. The van der Waals surface area contributed by atoms with Gasteiger partial charge in [-0.25, -0.2) is 0 Å². The second kappa shape index (κ2) is 9.09. The Hall–Kier alpha value is -2.86. The lowest BCUT2D eigenvalue weighted by molar-refractivity contribution is 0.324. The van der Waals surface area contributed by atoms with Crippen LogP contribution in [0.1, 0.15) is 24.0 Å². The zero-order chi connectivity index (χ0) is 21.0. The summed E-state index contributed by atoms with van der Waals surface area (Å²) >= 11 is 0. The van der Waals surface area contributed by atoms with Crippen molar-refractivity contribution >= 4 is 10.9 Å². The molecular weight excluding hydrogens is 368 g/mol. The summed E-state index contributed by atoms with van der Waals surface area (Å²) in [6.45, 7) is 2.77. The maximum atomic E-state index is 5.73.